The number of hydrogen-bond donors (Lipinski definition) is 3. The average molecular weight is 783 g/mol. The molecule has 9 nitrogen and oxygen atoms in total. The van der Waals surface area contributed by atoms with Crippen LogP contribution in [0, 0.1) is 0 Å². The smallest absolute Gasteiger partial charge is 0.251 e. The summed E-state index contributed by atoms with van der Waals surface area (Å²) in [6.45, 7) is 13.6. The largest absolute Gasteiger partial charge is 0.388 e. The van der Waals surface area contributed by atoms with Crippen molar-refractivity contribution in [1.29, 1.82) is 0 Å². The first-order valence-corrected chi connectivity index (χ1v) is 20.7. The summed E-state index contributed by atoms with van der Waals surface area (Å²) in [4.78, 5) is 52.7. The number of allylic oxidation sites excluding steroid dienone is 1. The zero-order valence-electron chi connectivity index (χ0n) is 34.6. The molecule has 58 heavy (non-hydrogen) atoms. The van der Waals surface area contributed by atoms with Crippen molar-refractivity contribution < 1.29 is 24.3 Å². The molecule has 2 unspecified atom stereocenters. The van der Waals surface area contributed by atoms with Gasteiger partial charge in [-0.2, -0.15) is 0 Å². The Morgan fingerprint density at radius 2 is 0.983 bits per heavy atom. The van der Waals surface area contributed by atoms with Crippen LogP contribution in [0.25, 0.3) is 12.2 Å². The Balaban J connectivity index is 0.000000221. The van der Waals surface area contributed by atoms with Crippen molar-refractivity contribution in [2.75, 3.05) is 42.6 Å². The molecule has 2 amide bonds. The van der Waals surface area contributed by atoms with Gasteiger partial charge in [-0.15, -0.1) is 0 Å². The average Bonchev–Trinajstić information content (AvgIpc) is 3.85. The van der Waals surface area contributed by atoms with Gasteiger partial charge in [0.2, 0.25) is 0 Å². The number of aliphatic hydroxyl groups excluding tert-OH is 1. The summed E-state index contributed by atoms with van der Waals surface area (Å²) < 4.78 is 0. The van der Waals surface area contributed by atoms with E-state index >= 15 is 0 Å². The van der Waals surface area contributed by atoms with Crippen molar-refractivity contribution in [3.8, 4) is 0 Å². The van der Waals surface area contributed by atoms with Crippen LogP contribution in [-0.2, 0) is 22.4 Å². The number of aryl methyl sites for hydroxylation is 2. The molecule has 0 spiro atoms. The predicted molar refractivity (Wildman–Crippen MR) is 235 cm³/mol. The number of carbonyl (C=O) groups excluding carboxylic acids is 4. The van der Waals surface area contributed by atoms with E-state index in [9.17, 15) is 19.2 Å². The van der Waals surface area contributed by atoms with Crippen LogP contribution in [0.4, 0.5) is 11.4 Å². The fourth-order valence-electron chi connectivity index (χ4n) is 7.64. The van der Waals surface area contributed by atoms with Crippen molar-refractivity contribution >= 4 is 46.9 Å². The van der Waals surface area contributed by atoms with E-state index in [1.807, 2.05) is 85.8 Å². The minimum Gasteiger partial charge on any atom is -0.388 e. The third-order valence-electron chi connectivity index (χ3n) is 11.0. The molecule has 0 aromatic heterocycles. The molecular formula is C49H58N4O5. The van der Waals surface area contributed by atoms with Crippen LogP contribution < -0.4 is 20.4 Å². The van der Waals surface area contributed by atoms with Gasteiger partial charge in [-0.3, -0.25) is 19.2 Å². The van der Waals surface area contributed by atoms with Gasteiger partial charge in [-0.1, -0.05) is 55.5 Å². The summed E-state index contributed by atoms with van der Waals surface area (Å²) in [6, 6.07) is 27.8. The maximum Gasteiger partial charge on any atom is 0.251 e. The summed E-state index contributed by atoms with van der Waals surface area (Å²) in [7, 11) is 0. The van der Waals surface area contributed by atoms with E-state index in [1.165, 1.54) is 22.8 Å². The minimum atomic E-state index is -0.481. The number of carbonyl (C=O) groups is 4. The lowest BCUT2D eigenvalue weighted by Crippen LogP contribution is -2.27. The molecule has 2 aliphatic rings. The molecule has 4 aromatic rings. The number of nitrogens with one attached hydrogen (secondary N) is 2. The van der Waals surface area contributed by atoms with Gasteiger partial charge in [0.25, 0.3) is 11.8 Å². The fourth-order valence-corrected chi connectivity index (χ4v) is 7.64. The van der Waals surface area contributed by atoms with Crippen LogP contribution in [0.5, 0.6) is 0 Å². The zero-order valence-corrected chi connectivity index (χ0v) is 34.6. The van der Waals surface area contributed by atoms with Crippen molar-refractivity contribution in [2.45, 2.75) is 78.8 Å². The van der Waals surface area contributed by atoms with Gasteiger partial charge >= 0.3 is 0 Å². The van der Waals surface area contributed by atoms with Gasteiger partial charge in [-0.25, -0.2) is 0 Å². The maximum absolute atomic E-state index is 12.7. The molecule has 0 radical (unpaired) electrons. The fraction of sp³-hybridized carbons (Fsp3) is 0.347. The van der Waals surface area contributed by atoms with E-state index < -0.39 is 6.61 Å². The molecule has 9 heteroatoms. The third kappa shape index (κ3) is 11.2. The van der Waals surface area contributed by atoms with E-state index in [0.29, 0.717) is 17.5 Å². The van der Waals surface area contributed by atoms with Crippen LogP contribution in [0.15, 0.2) is 97.1 Å². The summed E-state index contributed by atoms with van der Waals surface area (Å²) in [5, 5.41) is 15.1. The monoisotopic (exact) mass is 782 g/mol. The van der Waals surface area contributed by atoms with Gasteiger partial charge in [0, 0.05) is 55.1 Å². The normalized spacial score (nSPS) is 15.3. The molecule has 0 aliphatic heterocycles. The molecule has 0 fully saturated rings. The second-order valence-corrected chi connectivity index (χ2v) is 14.6. The third-order valence-corrected chi connectivity index (χ3v) is 11.0. The lowest BCUT2D eigenvalue weighted by Gasteiger charge is -2.21. The topological polar surface area (TPSA) is 119 Å². The van der Waals surface area contributed by atoms with Crippen molar-refractivity contribution in [3.63, 3.8) is 0 Å². The summed E-state index contributed by atoms with van der Waals surface area (Å²) in [5.41, 5.74) is 10.3. The van der Waals surface area contributed by atoms with Crippen LogP contribution in [-0.4, -0.2) is 61.3 Å². The highest BCUT2D eigenvalue weighted by Gasteiger charge is 2.26. The van der Waals surface area contributed by atoms with E-state index in [0.717, 1.165) is 79.9 Å². The molecule has 0 saturated heterocycles. The molecule has 0 saturated carbocycles. The molecule has 3 N–H and O–H groups in total. The first kappa shape index (κ1) is 43.3. The lowest BCUT2D eigenvalue weighted by molar-refractivity contribution is -0.117. The summed E-state index contributed by atoms with van der Waals surface area (Å²) in [6.07, 6.45) is 10.7. The Hall–Kier alpha value is -5.80. The Kier molecular flexibility index (Phi) is 15.8. The number of amides is 2. The standard InChI is InChI=1S/C25H30N2O2.C24H28N2O3/c1-4-22(28)14-7-18-8-15-23-20(17-18)11-16-24(23)26-25(29)19-9-12-21(13-10-19)27(5-2)6-3;1-3-26(4-2)20-10-7-18(8-11-20)24(29)25-23-14-9-19-15-17(6-13-22(19)23)5-12-21(28)16-27/h7-10,12-15,17,24H,4-6,11,16H2,1-3H3,(H,26,29);5-8,10-13,15,23,27H,3-4,9,14,16H2,1-2H3,(H,25,29)/b14-7+;12-5+. The molecular weight excluding hydrogens is 725 g/mol. The predicted octanol–water partition coefficient (Wildman–Crippen LogP) is 8.47. The number of fused-ring (bicyclic) bond motifs is 2. The first-order valence-electron chi connectivity index (χ1n) is 20.7. The summed E-state index contributed by atoms with van der Waals surface area (Å²) in [5.74, 6) is -0.289. The quantitative estimate of drug-likeness (QED) is 0.0977. The van der Waals surface area contributed by atoms with Crippen LogP contribution in [0.1, 0.15) is 120 Å². The van der Waals surface area contributed by atoms with Crippen molar-refractivity contribution in [3.05, 3.63) is 142 Å². The van der Waals surface area contributed by atoms with Crippen LogP contribution >= 0.6 is 0 Å². The number of anilines is 2. The molecule has 0 bridgehead atoms. The first-order chi connectivity index (χ1) is 28.1. The van der Waals surface area contributed by atoms with Gasteiger partial charge in [-0.05, 0) is 147 Å². The molecule has 4 aromatic carbocycles. The number of ketones is 2. The molecule has 0 heterocycles. The second kappa shape index (κ2) is 21.1. The Labute approximate surface area is 343 Å². The second-order valence-electron chi connectivity index (χ2n) is 14.6. The van der Waals surface area contributed by atoms with E-state index in [-0.39, 0.29) is 35.5 Å². The van der Waals surface area contributed by atoms with Gasteiger partial charge < -0.3 is 25.5 Å². The van der Waals surface area contributed by atoms with Gasteiger partial charge in [0.05, 0.1) is 12.1 Å². The lowest BCUT2D eigenvalue weighted by atomic mass is 10.0. The highest BCUT2D eigenvalue weighted by molar-refractivity contribution is 5.96. The van der Waals surface area contributed by atoms with Crippen molar-refractivity contribution in [1.82, 2.24) is 10.6 Å². The van der Waals surface area contributed by atoms with Crippen LogP contribution in [0.3, 0.4) is 0 Å². The number of rotatable bonds is 16. The highest BCUT2D eigenvalue weighted by Crippen LogP contribution is 2.34. The van der Waals surface area contributed by atoms with Gasteiger partial charge in [0.1, 0.15) is 6.61 Å². The Morgan fingerprint density at radius 1 is 0.586 bits per heavy atom. The molecule has 2 aliphatic carbocycles. The molecule has 304 valence electrons. The number of benzene rings is 4. The maximum atomic E-state index is 12.7. The molecule has 6 rings (SSSR count). The Bertz CT molecular complexity index is 1950. The number of nitrogens with zero attached hydrogens (tertiary/aromatic N) is 2. The number of hydrogen-bond acceptors (Lipinski definition) is 7. The van der Waals surface area contributed by atoms with Crippen LogP contribution in [0.2, 0.25) is 0 Å². The van der Waals surface area contributed by atoms with Crippen molar-refractivity contribution in [2.24, 2.45) is 0 Å². The van der Waals surface area contributed by atoms with E-state index in [2.05, 4.69) is 60.3 Å². The molecule has 2 atom stereocenters. The SMILES string of the molecule is CCC(=O)/C=C/c1ccc2c(c1)CCC2NC(=O)c1ccc(N(CC)CC)cc1.CCN(CC)c1ccc(C(=O)NC2CCc3cc(/C=C/C(=O)CO)ccc32)cc1. The Morgan fingerprint density at radius 3 is 1.34 bits per heavy atom. The van der Waals surface area contributed by atoms with Gasteiger partial charge in [0.15, 0.2) is 11.6 Å². The number of aliphatic hydroxyl groups is 1. The summed E-state index contributed by atoms with van der Waals surface area (Å²) >= 11 is 0. The highest BCUT2D eigenvalue weighted by atomic mass is 16.3. The minimum absolute atomic E-state index is 0.00272. The van der Waals surface area contributed by atoms with E-state index in [4.69, 9.17) is 5.11 Å². The van der Waals surface area contributed by atoms with E-state index in [1.54, 1.807) is 12.2 Å². The zero-order chi connectivity index (χ0) is 41.6.